The predicted molar refractivity (Wildman–Crippen MR) is 51.8 cm³/mol. The van der Waals surface area contributed by atoms with Crippen molar-refractivity contribution in [2.24, 2.45) is 0 Å². The second-order valence-corrected chi connectivity index (χ2v) is 2.84. The normalized spacial score (nSPS) is 9.43. The summed E-state index contributed by atoms with van der Waals surface area (Å²) in [6.45, 7) is -0.381. The molecule has 0 fully saturated rings. The van der Waals surface area contributed by atoms with Crippen LogP contribution in [-0.4, -0.2) is 13.3 Å². The fraction of sp³-hybridized carbons (Fsp3) is 0.364. The van der Waals surface area contributed by atoms with Crippen LogP contribution in [0.1, 0.15) is 12.0 Å². The second-order valence-electron chi connectivity index (χ2n) is 2.84. The number of alkyl halides is 1. The maximum Gasteiger partial charge on any atom is 0.123 e. The van der Waals surface area contributed by atoms with Crippen molar-refractivity contribution < 1.29 is 9.13 Å². The van der Waals surface area contributed by atoms with Crippen LogP contribution in [0.4, 0.5) is 4.39 Å². The molecule has 0 radical (unpaired) electrons. The SMILES string of the molecule is N#CCCc1ccc(OCCF)cc1. The summed E-state index contributed by atoms with van der Waals surface area (Å²) in [5.74, 6) is 0.670. The molecular formula is C11H12FNO. The minimum atomic E-state index is -0.476. The van der Waals surface area contributed by atoms with Gasteiger partial charge in [-0.1, -0.05) is 12.1 Å². The Balaban J connectivity index is 2.47. The van der Waals surface area contributed by atoms with E-state index in [4.69, 9.17) is 10.00 Å². The van der Waals surface area contributed by atoms with E-state index in [0.29, 0.717) is 12.2 Å². The summed E-state index contributed by atoms with van der Waals surface area (Å²) in [6, 6.07) is 9.46. The van der Waals surface area contributed by atoms with E-state index in [2.05, 4.69) is 6.07 Å². The smallest absolute Gasteiger partial charge is 0.123 e. The predicted octanol–water partition coefficient (Wildman–Crippen LogP) is 2.49. The molecule has 0 aliphatic heterocycles. The van der Waals surface area contributed by atoms with Gasteiger partial charge in [-0.05, 0) is 24.1 Å². The van der Waals surface area contributed by atoms with Gasteiger partial charge < -0.3 is 4.74 Å². The number of hydrogen-bond donors (Lipinski definition) is 0. The third-order valence-corrected chi connectivity index (χ3v) is 1.79. The molecule has 0 amide bonds. The lowest BCUT2D eigenvalue weighted by atomic mass is 10.1. The Kier molecular flexibility index (Phi) is 4.49. The lowest BCUT2D eigenvalue weighted by Crippen LogP contribution is -1.98. The van der Waals surface area contributed by atoms with Crippen molar-refractivity contribution in [1.82, 2.24) is 0 Å². The molecule has 0 spiro atoms. The molecule has 0 bridgehead atoms. The molecule has 0 heterocycles. The minimum Gasteiger partial charge on any atom is -0.491 e. The minimum absolute atomic E-state index is 0.0948. The number of rotatable bonds is 5. The molecule has 74 valence electrons. The number of benzene rings is 1. The zero-order valence-electron chi connectivity index (χ0n) is 7.87. The molecule has 2 nitrogen and oxygen atoms in total. The molecule has 1 aromatic carbocycles. The zero-order chi connectivity index (χ0) is 10.2. The number of aryl methyl sites for hydroxylation is 1. The highest BCUT2D eigenvalue weighted by molar-refractivity contribution is 5.27. The summed E-state index contributed by atoms with van der Waals surface area (Å²) in [4.78, 5) is 0. The summed E-state index contributed by atoms with van der Waals surface area (Å²) in [7, 11) is 0. The van der Waals surface area contributed by atoms with Gasteiger partial charge in [0.15, 0.2) is 0 Å². The number of hydrogen-bond acceptors (Lipinski definition) is 2. The van der Waals surface area contributed by atoms with E-state index in [1.54, 1.807) is 12.1 Å². The van der Waals surface area contributed by atoms with E-state index in [1.165, 1.54) is 0 Å². The van der Waals surface area contributed by atoms with E-state index in [-0.39, 0.29) is 6.61 Å². The Morgan fingerprint density at radius 3 is 2.57 bits per heavy atom. The lowest BCUT2D eigenvalue weighted by molar-refractivity contribution is 0.273. The highest BCUT2D eigenvalue weighted by atomic mass is 19.1. The van der Waals surface area contributed by atoms with Gasteiger partial charge >= 0.3 is 0 Å². The Labute approximate surface area is 82.9 Å². The van der Waals surface area contributed by atoms with Crippen molar-refractivity contribution in [3.63, 3.8) is 0 Å². The first-order chi connectivity index (χ1) is 6.86. The van der Waals surface area contributed by atoms with Crippen LogP contribution in [0.25, 0.3) is 0 Å². The van der Waals surface area contributed by atoms with Gasteiger partial charge in [0.2, 0.25) is 0 Å². The van der Waals surface area contributed by atoms with Gasteiger partial charge in [-0.15, -0.1) is 0 Å². The second kappa shape index (κ2) is 5.98. The van der Waals surface area contributed by atoms with Gasteiger partial charge in [0.1, 0.15) is 19.0 Å². The van der Waals surface area contributed by atoms with E-state index < -0.39 is 6.67 Å². The van der Waals surface area contributed by atoms with Crippen LogP contribution < -0.4 is 4.74 Å². The zero-order valence-corrected chi connectivity index (χ0v) is 7.87. The van der Waals surface area contributed by atoms with Crippen LogP contribution in [0.3, 0.4) is 0 Å². The first kappa shape index (κ1) is 10.5. The van der Waals surface area contributed by atoms with E-state index in [1.807, 2.05) is 12.1 Å². The fourth-order valence-electron chi connectivity index (χ4n) is 1.11. The Hall–Kier alpha value is -1.56. The molecule has 0 aliphatic rings. The fourth-order valence-corrected chi connectivity index (χ4v) is 1.11. The van der Waals surface area contributed by atoms with Crippen LogP contribution >= 0.6 is 0 Å². The van der Waals surface area contributed by atoms with Crippen LogP contribution in [0.15, 0.2) is 24.3 Å². The highest BCUT2D eigenvalue weighted by Crippen LogP contribution is 2.13. The van der Waals surface area contributed by atoms with E-state index >= 15 is 0 Å². The molecule has 0 saturated carbocycles. The number of nitrogens with zero attached hydrogens (tertiary/aromatic N) is 1. The van der Waals surface area contributed by atoms with Crippen LogP contribution in [0.5, 0.6) is 5.75 Å². The molecule has 0 N–H and O–H groups in total. The van der Waals surface area contributed by atoms with E-state index in [9.17, 15) is 4.39 Å². The summed E-state index contributed by atoms with van der Waals surface area (Å²) in [5, 5.41) is 8.38. The number of halogens is 1. The van der Waals surface area contributed by atoms with E-state index in [0.717, 1.165) is 12.0 Å². The molecule has 0 aromatic heterocycles. The van der Waals surface area contributed by atoms with Crippen LogP contribution in [-0.2, 0) is 6.42 Å². The third-order valence-electron chi connectivity index (χ3n) is 1.79. The maximum atomic E-state index is 11.8. The largest absolute Gasteiger partial charge is 0.491 e. The van der Waals surface area contributed by atoms with Gasteiger partial charge in [0.05, 0.1) is 6.07 Å². The average Bonchev–Trinajstić information content (AvgIpc) is 2.25. The van der Waals surface area contributed by atoms with Crippen molar-refractivity contribution in [2.75, 3.05) is 13.3 Å². The highest BCUT2D eigenvalue weighted by Gasteiger charge is 1.95. The first-order valence-corrected chi connectivity index (χ1v) is 4.51. The molecular weight excluding hydrogens is 181 g/mol. The van der Waals surface area contributed by atoms with Gasteiger partial charge in [0, 0.05) is 6.42 Å². The van der Waals surface area contributed by atoms with Gasteiger partial charge in [-0.25, -0.2) is 4.39 Å². The number of nitriles is 1. The standard InChI is InChI=1S/C11H12FNO/c12-7-9-14-11-5-3-10(4-6-11)2-1-8-13/h3-6H,1-2,7,9H2. The van der Waals surface area contributed by atoms with Crippen molar-refractivity contribution in [1.29, 1.82) is 5.26 Å². The molecule has 14 heavy (non-hydrogen) atoms. The van der Waals surface area contributed by atoms with Crippen molar-refractivity contribution in [2.45, 2.75) is 12.8 Å². The van der Waals surface area contributed by atoms with Gasteiger partial charge in [-0.2, -0.15) is 5.26 Å². The quantitative estimate of drug-likeness (QED) is 0.719. The van der Waals surface area contributed by atoms with Crippen LogP contribution in [0, 0.1) is 11.3 Å². The monoisotopic (exact) mass is 193 g/mol. The molecule has 0 aliphatic carbocycles. The third kappa shape index (κ3) is 3.44. The lowest BCUT2D eigenvalue weighted by Gasteiger charge is -2.03. The van der Waals surface area contributed by atoms with Crippen molar-refractivity contribution in [3.05, 3.63) is 29.8 Å². The molecule has 0 saturated heterocycles. The maximum absolute atomic E-state index is 11.8. The van der Waals surface area contributed by atoms with Crippen molar-refractivity contribution >= 4 is 0 Å². The topological polar surface area (TPSA) is 33.0 Å². The molecule has 1 rings (SSSR count). The molecule has 1 aromatic rings. The summed E-state index contributed by atoms with van der Waals surface area (Å²) >= 11 is 0. The van der Waals surface area contributed by atoms with Crippen LogP contribution in [0.2, 0.25) is 0 Å². The molecule has 3 heteroatoms. The summed E-state index contributed by atoms with van der Waals surface area (Å²) < 4.78 is 16.8. The molecule has 0 atom stereocenters. The molecule has 0 unspecified atom stereocenters. The van der Waals surface area contributed by atoms with Gasteiger partial charge in [0.25, 0.3) is 0 Å². The number of ether oxygens (including phenoxy) is 1. The Bertz CT molecular complexity index is 302. The first-order valence-electron chi connectivity index (χ1n) is 4.51. The average molecular weight is 193 g/mol. The Morgan fingerprint density at radius 1 is 1.29 bits per heavy atom. The Morgan fingerprint density at radius 2 is 2.00 bits per heavy atom. The summed E-state index contributed by atoms with van der Waals surface area (Å²) in [5.41, 5.74) is 1.10. The van der Waals surface area contributed by atoms with Gasteiger partial charge in [-0.3, -0.25) is 0 Å². The summed E-state index contributed by atoms with van der Waals surface area (Å²) in [6.07, 6.45) is 1.27. The van der Waals surface area contributed by atoms with Crippen molar-refractivity contribution in [3.8, 4) is 11.8 Å².